The van der Waals surface area contributed by atoms with Crippen molar-refractivity contribution in [2.75, 3.05) is 16.8 Å². The number of hydrogen-bond donors (Lipinski definition) is 1. The van der Waals surface area contributed by atoms with E-state index in [0.717, 1.165) is 23.3 Å². The standard InChI is InChI=1S/C22H17Cl2N3O3/c23-12-6-3-8-15(18(12)24)27-19(28)16-14-9-4-10-26(14)22(17(16)20(27)29)11-5-1-2-7-13(11)25-21(22)30/h1-3,5-8,14,16-17H,4,9-10H2,(H,25,30)/t14-,16+,17+,22+/m0/s1. The molecule has 0 radical (unpaired) electrons. The molecule has 6 nitrogen and oxygen atoms in total. The highest BCUT2D eigenvalue weighted by Crippen LogP contribution is 2.60. The summed E-state index contributed by atoms with van der Waals surface area (Å²) in [5, 5.41) is 3.39. The Kier molecular flexibility index (Phi) is 3.71. The molecule has 8 heteroatoms. The summed E-state index contributed by atoms with van der Waals surface area (Å²) >= 11 is 12.5. The Morgan fingerprint density at radius 3 is 2.63 bits per heavy atom. The molecule has 4 atom stereocenters. The number of amides is 3. The molecule has 3 fully saturated rings. The average molecular weight is 442 g/mol. The highest BCUT2D eigenvalue weighted by Gasteiger charge is 2.74. The van der Waals surface area contributed by atoms with Gasteiger partial charge in [-0.1, -0.05) is 47.5 Å². The molecule has 0 bridgehead atoms. The van der Waals surface area contributed by atoms with E-state index >= 15 is 0 Å². The number of nitrogens with zero attached hydrogens (tertiary/aromatic N) is 2. The van der Waals surface area contributed by atoms with Crippen LogP contribution in [-0.2, 0) is 19.9 Å². The normalized spacial score (nSPS) is 32.0. The monoisotopic (exact) mass is 441 g/mol. The van der Waals surface area contributed by atoms with Crippen molar-refractivity contribution < 1.29 is 14.4 Å². The number of benzene rings is 2. The van der Waals surface area contributed by atoms with E-state index in [2.05, 4.69) is 10.2 Å². The minimum Gasteiger partial charge on any atom is -0.324 e. The molecule has 2 aromatic carbocycles. The first-order valence-corrected chi connectivity index (χ1v) is 10.7. The van der Waals surface area contributed by atoms with Crippen LogP contribution in [0.25, 0.3) is 0 Å². The third-order valence-electron chi connectivity index (χ3n) is 7.07. The van der Waals surface area contributed by atoms with E-state index in [1.165, 1.54) is 0 Å². The Balaban J connectivity index is 1.57. The van der Waals surface area contributed by atoms with Crippen molar-refractivity contribution in [3.63, 3.8) is 0 Å². The molecule has 0 saturated carbocycles. The Hall–Kier alpha value is -2.41. The summed E-state index contributed by atoms with van der Waals surface area (Å²) in [6, 6.07) is 12.2. The van der Waals surface area contributed by atoms with E-state index in [9.17, 15) is 14.4 Å². The quantitative estimate of drug-likeness (QED) is 0.688. The van der Waals surface area contributed by atoms with Gasteiger partial charge in [-0.25, -0.2) is 4.90 Å². The van der Waals surface area contributed by atoms with Gasteiger partial charge in [-0.2, -0.15) is 0 Å². The molecule has 4 aliphatic rings. The number of para-hydroxylation sites is 1. The van der Waals surface area contributed by atoms with Crippen LogP contribution in [0.2, 0.25) is 10.0 Å². The van der Waals surface area contributed by atoms with Gasteiger partial charge in [0.25, 0.3) is 0 Å². The van der Waals surface area contributed by atoms with E-state index in [-0.39, 0.29) is 33.6 Å². The van der Waals surface area contributed by atoms with Gasteiger partial charge in [-0.3, -0.25) is 19.3 Å². The fraction of sp³-hybridized carbons (Fsp3) is 0.318. The zero-order valence-corrected chi connectivity index (χ0v) is 17.3. The molecule has 30 heavy (non-hydrogen) atoms. The first-order valence-electron chi connectivity index (χ1n) is 9.97. The molecule has 4 aliphatic heterocycles. The van der Waals surface area contributed by atoms with Crippen LogP contribution < -0.4 is 10.2 Å². The van der Waals surface area contributed by atoms with Crippen LogP contribution >= 0.6 is 23.2 Å². The van der Waals surface area contributed by atoms with Crippen molar-refractivity contribution in [2.45, 2.75) is 24.4 Å². The Bertz CT molecular complexity index is 1150. The highest BCUT2D eigenvalue weighted by molar-refractivity contribution is 6.45. The van der Waals surface area contributed by atoms with Crippen molar-refractivity contribution >= 4 is 52.3 Å². The summed E-state index contributed by atoms with van der Waals surface area (Å²) < 4.78 is 0. The molecular formula is C22H17Cl2N3O3. The minimum absolute atomic E-state index is 0.161. The zero-order chi connectivity index (χ0) is 20.8. The number of nitrogens with one attached hydrogen (secondary N) is 1. The van der Waals surface area contributed by atoms with Gasteiger partial charge in [0.05, 0.1) is 27.6 Å². The van der Waals surface area contributed by atoms with Gasteiger partial charge in [-0.05, 0) is 37.6 Å². The van der Waals surface area contributed by atoms with E-state index in [0.29, 0.717) is 12.2 Å². The predicted molar refractivity (Wildman–Crippen MR) is 112 cm³/mol. The third kappa shape index (κ3) is 1.97. The van der Waals surface area contributed by atoms with Crippen molar-refractivity contribution in [1.82, 2.24) is 4.90 Å². The van der Waals surface area contributed by atoms with Crippen LogP contribution in [-0.4, -0.2) is 35.2 Å². The van der Waals surface area contributed by atoms with Crippen LogP contribution in [0.1, 0.15) is 18.4 Å². The van der Waals surface area contributed by atoms with Crippen LogP contribution in [0.5, 0.6) is 0 Å². The number of hydrogen-bond acceptors (Lipinski definition) is 4. The number of rotatable bonds is 1. The lowest BCUT2D eigenvalue weighted by atomic mass is 9.75. The van der Waals surface area contributed by atoms with Crippen LogP contribution in [0.4, 0.5) is 11.4 Å². The Labute approximate surface area is 182 Å². The maximum absolute atomic E-state index is 13.8. The molecule has 3 amide bonds. The number of halogens is 2. The lowest BCUT2D eigenvalue weighted by molar-refractivity contribution is -0.135. The number of anilines is 2. The van der Waals surface area contributed by atoms with Crippen LogP contribution in [0, 0.1) is 11.8 Å². The topological polar surface area (TPSA) is 69.7 Å². The second kappa shape index (κ2) is 6.06. The van der Waals surface area contributed by atoms with Crippen molar-refractivity contribution in [3.8, 4) is 0 Å². The largest absolute Gasteiger partial charge is 0.324 e. The lowest BCUT2D eigenvalue weighted by Crippen LogP contribution is -2.54. The molecule has 3 saturated heterocycles. The van der Waals surface area contributed by atoms with Gasteiger partial charge in [0.2, 0.25) is 17.7 Å². The van der Waals surface area contributed by atoms with Crippen LogP contribution in [0.3, 0.4) is 0 Å². The maximum atomic E-state index is 13.8. The SMILES string of the molecule is O=C1[C@@H]2[C@@H]3CCCN3[C@@]3(C(=O)Nc4ccccc43)[C@H]2C(=O)N1c1cccc(Cl)c1Cl. The number of fused-ring (bicyclic) bond motifs is 7. The van der Waals surface area contributed by atoms with Gasteiger partial charge in [0, 0.05) is 17.3 Å². The van der Waals surface area contributed by atoms with E-state index < -0.39 is 23.3 Å². The molecule has 4 heterocycles. The molecule has 6 rings (SSSR count). The Morgan fingerprint density at radius 2 is 1.80 bits per heavy atom. The molecule has 152 valence electrons. The third-order valence-corrected chi connectivity index (χ3v) is 7.88. The number of imide groups is 1. The number of carbonyl (C=O) groups is 3. The van der Waals surface area contributed by atoms with E-state index in [4.69, 9.17) is 23.2 Å². The number of carbonyl (C=O) groups excluding carboxylic acids is 3. The summed E-state index contributed by atoms with van der Waals surface area (Å²) in [7, 11) is 0. The van der Waals surface area contributed by atoms with Crippen LogP contribution in [0.15, 0.2) is 42.5 Å². The van der Waals surface area contributed by atoms with Crippen molar-refractivity contribution in [2.24, 2.45) is 11.8 Å². The summed E-state index contributed by atoms with van der Waals surface area (Å²) in [4.78, 5) is 44.1. The van der Waals surface area contributed by atoms with Crippen molar-refractivity contribution in [3.05, 3.63) is 58.1 Å². The van der Waals surface area contributed by atoms with Gasteiger partial charge < -0.3 is 5.32 Å². The smallest absolute Gasteiger partial charge is 0.250 e. The zero-order valence-electron chi connectivity index (χ0n) is 15.8. The molecule has 0 aliphatic carbocycles. The maximum Gasteiger partial charge on any atom is 0.250 e. The first kappa shape index (κ1) is 18.4. The molecule has 0 aromatic heterocycles. The predicted octanol–water partition coefficient (Wildman–Crippen LogP) is 3.42. The highest BCUT2D eigenvalue weighted by atomic mass is 35.5. The first-order chi connectivity index (χ1) is 14.5. The molecule has 2 aromatic rings. The summed E-state index contributed by atoms with van der Waals surface area (Å²) in [5.41, 5.74) is 0.581. The fourth-order valence-electron chi connectivity index (χ4n) is 6.06. The molecule has 1 N–H and O–H groups in total. The minimum atomic E-state index is -1.17. The molecule has 0 unspecified atom stereocenters. The lowest BCUT2D eigenvalue weighted by Gasteiger charge is -2.36. The summed E-state index contributed by atoms with van der Waals surface area (Å²) in [6.45, 7) is 0.678. The summed E-state index contributed by atoms with van der Waals surface area (Å²) in [5.74, 6) is -2.32. The van der Waals surface area contributed by atoms with Gasteiger partial charge >= 0.3 is 0 Å². The molecule has 1 spiro atoms. The van der Waals surface area contributed by atoms with Gasteiger partial charge in [0.15, 0.2) is 0 Å². The Morgan fingerprint density at radius 1 is 1.00 bits per heavy atom. The fourth-order valence-corrected chi connectivity index (χ4v) is 6.44. The van der Waals surface area contributed by atoms with Gasteiger partial charge in [-0.15, -0.1) is 0 Å². The molecular weight excluding hydrogens is 425 g/mol. The summed E-state index contributed by atoms with van der Waals surface area (Å²) in [6.07, 6.45) is 1.65. The van der Waals surface area contributed by atoms with E-state index in [1.807, 2.05) is 24.3 Å². The van der Waals surface area contributed by atoms with E-state index in [1.54, 1.807) is 18.2 Å². The van der Waals surface area contributed by atoms with Gasteiger partial charge in [0.1, 0.15) is 5.54 Å². The van der Waals surface area contributed by atoms with Crippen molar-refractivity contribution in [1.29, 1.82) is 0 Å². The second-order valence-corrected chi connectivity index (χ2v) is 9.04. The second-order valence-electron chi connectivity index (χ2n) is 8.26. The average Bonchev–Trinajstić information content (AvgIpc) is 3.43.